The Morgan fingerprint density at radius 2 is 2.12 bits per heavy atom. The number of aryl methyl sites for hydroxylation is 1. The van der Waals surface area contributed by atoms with Crippen LogP contribution in [-0.4, -0.2) is 27.7 Å². The van der Waals surface area contributed by atoms with Crippen LogP contribution in [0.3, 0.4) is 0 Å². The van der Waals surface area contributed by atoms with Crippen molar-refractivity contribution in [3.05, 3.63) is 80.6 Å². The highest BCUT2D eigenvalue weighted by atomic mass is 16.6. The number of rotatable bonds is 4. The number of nitrogens with zero attached hydrogens (tertiary/aromatic N) is 1. The van der Waals surface area contributed by atoms with Gasteiger partial charge in [0.2, 0.25) is 0 Å². The number of aromatic nitrogens is 2. The van der Waals surface area contributed by atoms with E-state index in [9.17, 15) is 14.4 Å². The zero-order valence-electron chi connectivity index (χ0n) is 14.0. The highest BCUT2D eigenvalue weighted by Gasteiger charge is 2.36. The molecule has 0 saturated carbocycles. The first kappa shape index (κ1) is 17.5. The molecule has 7 nitrogen and oxygen atoms in total. The molecule has 2 aromatic rings. The average molecular weight is 352 g/mol. The van der Waals surface area contributed by atoms with E-state index in [4.69, 9.17) is 15.9 Å². The molecule has 132 valence electrons. The summed E-state index contributed by atoms with van der Waals surface area (Å²) in [6.07, 6.45) is 9.27. The molecule has 1 aromatic heterocycles. The molecule has 1 aromatic carbocycles. The molecule has 26 heavy (non-hydrogen) atoms. The number of ether oxygens (including phenoxy) is 2. The molecule has 2 unspecified atom stereocenters. The van der Waals surface area contributed by atoms with Crippen LogP contribution in [0, 0.1) is 19.3 Å². The number of terminal acetylenes is 1. The third kappa shape index (κ3) is 3.36. The van der Waals surface area contributed by atoms with Crippen molar-refractivity contribution < 1.29 is 14.3 Å². The van der Waals surface area contributed by atoms with Gasteiger partial charge in [-0.3, -0.25) is 14.3 Å². The fourth-order valence-electron chi connectivity index (χ4n) is 2.49. The Kier molecular flexibility index (Phi) is 4.61. The maximum absolute atomic E-state index is 12.1. The summed E-state index contributed by atoms with van der Waals surface area (Å²) < 4.78 is 12.2. The Bertz CT molecular complexity index is 1010. The van der Waals surface area contributed by atoms with Gasteiger partial charge in [0.15, 0.2) is 11.8 Å². The van der Waals surface area contributed by atoms with Crippen LogP contribution >= 0.6 is 0 Å². The third-order valence-electron chi connectivity index (χ3n) is 3.95. The van der Waals surface area contributed by atoms with E-state index in [2.05, 4.69) is 10.9 Å². The highest BCUT2D eigenvalue weighted by molar-refractivity contribution is 5.89. The van der Waals surface area contributed by atoms with Crippen LogP contribution in [0.1, 0.15) is 22.1 Å². The van der Waals surface area contributed by atoms with E-state index in [0.717, 1.165) is 0 Å². The van der Waals surface area contributed by atoms with Crippen LogP contribution in [0.15, 0.2) is 58.3 Å². The van der Waals surface area contributed by atoms with Crippen LogP contribution < -0.4 is 11.2 Å². The summed E-state index contributed by atoms with van der Waals surface area (Å²) in [7, 11) is 0. The van der Waals surface area contributed by atoms with E-state index in [1.54, 1.807) is 49.4 Å². The maximum Gasteiger partial charge on any atom is 0.338 e. The quantitative estimate of drug-likeness (QED) is 0.507. The number of aromatic amines is 1. The summed E-state index contributed by atoms with van der Waals surface area (Å²) in [5, 5.41) is 0. The van der Waals surface area contributed by atoms with Gasteiger partial charge >= 0.3 is 11.7 Å². The highest BCUT2D eigenvalue weighted by Crippen LogP contribution is 2.29. The van der Waals surface area contributed by atoms with Gasteiger partial charge in [0.25, 0.3) is 5.56 Å². The van der Waals surface area contributed by atoms with Gasteiger partial charge in [0.1, 0.15) is 6.61 Å². The van der Waals surface area contributed by atoms with E-state index in [1.165, 1.54) is 10.8 Å². The first-order valence-electron chi connectivity index (χ1n) is 7.83. The molecule has 2 atom stereocenters. The lowest BCUT2D eigenvalue weighted by Gasteiger charge is -2.24. The van der Waals surface area contributed by atoms with Crippen molar-refractivity contribution in [3.63, 3.8) is 0 Å². The van der Waals surface area contributed by atoms with Crippen LogP contribution in [0.4, 0.5) is 0 Å². The molecule has 1 aliphatic heterocycles. The molecule has 0 spiro atoms. The van der Waals surface area contributed by atoms with E-state index in [1.807, 2.05) is 0 Å². The Hall–Kier alpha value is -3.37. The minimum atomic E-state index is -1.29. The van der Waals surface area contributed by atoms with E-state index < -0.39 is 29.0 Å². The number of hydrogen-bond donors (Lipinski definition) is 1. The lowest BCUT2D eigenvalue weighted by Crippen LogP contribution is -2.37. The predicted molar refractivity (Wildman–Crippen MR) is 93.6 cm³/mol. The molecule has 0 radical (unpaired) electrons. The summed E-state index contributed by atoms with van der Waals surface area (Å²) in [4.78, 5) is 37.8. The second-order valence-electron chi connectivity index (χ2n) is 5.82. The Morgan fingerprint density at radius 1 is 1.38 bits per heavy atom. The number of benzene rings is 1. The standard InChI is InChI=1S/C19H16N2O5/c1-3-19(12-25-17(23)14-7-5-4-6-8-14)10-9-15(26-19)21-11-13(2)16(22)20-18(21)24/h1,4-11,15H,12H2,2H3,(H,20,22,24). The monoisotopic (exact) mass is 352 g/mol. The maximum atomic E-state index is 12.1. The smallest absolute Gasteiger partial charge is 0.338 e. The lowest BCUT2D eigenvalue weighted by molar-refractivity contribution is -0.0574. The van der Waals surface area contributed by atoms with Gasteiger partial charge in [-0.05, 0) is 31.2 Å². The van der Waals surface area contributed by atoms with Gasteiger partial charge < -0.3 is 9.47 Å². The second-order valence-corrected chi connectivity index (χ2v) is 5.82. The van der Waals surface area contributed by atoms with Crippen LogP contribution in [0.25, 0.3) is 0 Å². The Morgan fingerprint density at radius 3 is 2.81 bits per heavy atom. The summed E-state index contributed by atoms with van der Waals surface area (Å²) in [6, 6.07) is 8.49. The van der Waals surface area contributed by atoms with Gasteiger partial charge in [-0.25, -0.2) is 9.59 Å². The number of esters is 1. The molecule has 3 rings (SSSR count). The fraction of sp³-hybridized carbons (Fsp3) is 0.211. The van der Waals surface area contributed by atoms with Gasteiger partial charge in [-0.2, -0.15) is 0 Å². The van der Waals surface area contributed by atoms with Crippen molar-refractivity contribution in [1.82, 2.24) is 9.55 Å². The molecule has 0 saturated heterocycles. The zero-order chi connectivity index (χ0) is 18.7. The predicted octanol–water partition coefficient (Wildman–Crippen LogP) is 1.16. The van der Waals surface area contributed by atoms with Crippen molar-refractivity contribution >= 4 is 5.97 Å². The van der Waals surface area contributed by atoms with Crippen LogP contribution in [-0.2, 0) is 9.47 Å². The largest absolute Gasteiger partial charge is 0.458 e. The molecule has 1 N–H and O–H groups in total. The van der Waals surface area contributed by atoms with Gasteiger partial charge in [0, 0.05) is 11.8 Å². The number of carbonyl (C=O) groups is 1. The molecule has 1 aliphatic rings. The zero-order valence-corrected chi connectivity index (χ0v) is 14.0. The lowest BCUT2D eigenvalue weighted by atomic mass is 10.1. The third-order valence-corrected chi connectivity index (χ3v) is 3.95. The van der Waals surface area contributed by atoms with Gasteiger partial charge in [0.05, 0.1) is 5.56 Å². The molecule has 0 fully saturated rings. The molecular formula is C19H16N2O5. The topological polar surface area (TPSA) is 90.4 Å². The fourth-order valence-corrected chi connectivity index (χ4v) is 2.49. The van der Waals surface area contributed by atoms with E-state index in [0.29, 0.717) is 11.1 Å². The molecule has 0 aliphatic carbocycles. The minimum absolute atomic E-state index is 0.207. The van der Waals surface area contributed by atoms with Gasteiger partial charge in [-0.1, -0.05) is 24.1 Å². The normalized spacial score (nSPS) is 21.3. The Balaban J connectivity index is 1.75. The van der Waals surface area contributed by atoms with Crippen molar-refractivity contribution in [1.29, 1.82) is 0 Å². The summed E-state index contributed by atoms with van der Waals surface area (Å²) in [6.45, 7) is 1.37. The van der Waals surface area contributed by atoms with Crippen LogP contribution in [0.2, 0.25) is 0 Å². The molecule has 0 bridgehead atoms. The number of nitrogens with one attached hydrogen (secondary N) is 1. The first-order valence-corrected chi connectivity index (χ1v) is 7.83. The van der Waals surface area contributed by atoms with Crippen molar-refractivity contribution in [2.45, 2.75) is 18.8 Å². The SMILES string of the molecule is C#CC1(COC(=O)c2ccccc2)C=CC(n2cc(C)c(=O)[nH]c2=O)O1. The summed E-state index contributed by atoms with van der Waals surface area (Å²) in [5.41, 5.74) is -1.63. The van der Waals surface area contributed by atoms with Crippen molar-refractivity contribution in [2.24, 2.45) is 0 Å². The molecule has 2 heterocycles. The van der Waals surface area contributed by atoms with Crippen molar-refractivity contribution in [2.75, 3.05) is 6.61 Å². The number of carbonyl (C=O) groups excluding carboxylic acids is 1. The van der Waals surface area contributed by atoms with E-state index >= 15 is 0 Å². The summed E-state index contributed by atoms with van der Waals surface area (Å²) in [5.74, 6) is 1.93. The van der Waals surface area contributed by atoms with E-state index in [-0.39, 0.29) is 6.61 Å². The van der Waals surface area contributed by atoms with Crippen LogP contribution in [0.5, 0.6) is 0 Å². The number of H-pyrrole nitrogens is 1. The molecular weight excluding hydrogens is 336 g/mol. The molecule has 0 amide bonds. The number of hydrogen-bond acceptors (Lipinski definition) is 5. The second kappa shape index (κ2) is 6.86. The average Bonchev–Trinajstić information content (AvgIpc) is 3.08. The summed E-state index contributed by atoms with van der Waals surface area (Å²) >= 11 is 0. The van der Waals surface area contributed by atoms with Gasteiger partial charge in [-0.15, -0.1) is 6.42 Å². The molecule has 7 heteroatoms. The van der Waals surface area contributed by atoms with Crippen molar-refractivity contribution in [3.8, 4) is 12.3 Å². The Labute approximate surface area is 148 Å². The minimum Gasteiger partial charge on any atom is -0.458 e. The first-order chi connectivity index (χ1) is 12.4.